The van der Waals surface area contributed by atoms with Crippen LogP contribution >= 0.6 is 23.1 Å². The van der Waals surface area contributed by atoms with E-state index in [9.17, 15) is 9.18 Å². The smallest absolute Gasteiger partial charge is 0.262 e. The molecule has 0 N–H and O–H groups in total. The van der Waals surface area contributed by atoms with Gasteiger partial charge in [-0.2, -0.15) is 0 Å². The van der Waals surface area contributed by atoms with Gasteiger partial charge in [0.05, 0.1) is 5.39 Å². The molecule has 3 heterocycles. The number of benzene rings is 1. The Balaban J connectivity index is 1.70. The molecule has 0 saturated carbocycles. The summed E-state index contributed by atoms with van der Waals surface area (Å²) in [7, 11) is 1.75. The molecule has 0 fully saturated rings. The second kappa shape index (κ2) is 7.13. The zero-order valence-electron chi connectivity index (χ0n) is 14.8. The van der Waals surface area contributed by atoms with Gasteiger partial charge in [0.1, 0.15) is 10.6 Å². The summed E-state index contributed by atoms with van der Waals surface area (Å²) in [6.07, 6.45) is 0.905. The second-order valence-corrected chi connectivity index (χ2v) is 8.47. The maximum absolute atomic E-state index is 13.8. The first-order chi connectivity index (χ1) is 12.6. The van der Waals surface area contributed by atoms with Gasteiger partial charge >= 0.3 is 0 Å². The van der Waals surface area contributed by atoms with Gasteiger partial charge in [0.2, 0.25) is 0 Å². The number of hydrogen-bond donors (Lipinski definition) is 0. The van der Waals surface area contributed by atoms with Gasteiger partial charge in [-0.25, -0.2) is 9.37 Å². The number of likely N-dealkylation sites (N-methyl/N-ethyl adjacent to an activating group) is 1. The van der Waals surface area contributed by atoms with Crippen LogP contribution in [0.4, 0.5) is 4.39 Å². The minimum absolute atomic E-state index is 0.00785. The molecule has 26 heavy (non-hydrogen) atoms. The zero-order chi connectivity index (χ0) is 18.3. The van der Waals surface area contributed by atoms with Gasteiger partial charge < -0.3 is 0 Å². The molecule has 0 bridgehead atoms. The first-order valence-electron chi connectivity index (χ1n) is 8.68. The van der Waals surface area contributed by atoms with Gasteiger partial charge in [-0.15, -0.1) is 11.3 Å². The van der Waals surface area contributed by atoms with Gasteiger partial charge in [0, 0.05) is 30.8 Å². The minimum Gasteiger partial charge on any atom is -0.298 e. The largest absolute Gasteiger partial charge is 0.298 e. The van der Waals surface area contributed by atoms with Crippen LogP contribution in [0.2, 0.25) is 0 Å². The SMILES string of the molecule is CCN1CCc2c(sc3nc(SCc4ccccc4F)n(C)c(=O)c23)C1. The summed E-state index contributed by atoms with van der Waals surface area (Å²) in [6, 6.07) is 6.72. The fraction of sp³-hybridized carbons (Fsp3) is 0.368. The lowest BCUT2D eigenvalue weighted by Gasteiger charge is -2.24. The van der Waals surface area contributed by atoms with Crippen molar-refractivity contribution in [2.75, 3.05) is 13.1 Å². The van der Waals surface area contributed by atoms with E-state index in [4.69, 9.17) is 4.98 Å². The molecule has 1 aliphatic heterocycles. The monoisotopic (exact) mass is 389 g/mol. The Morgan fingerprint density at radius 2 is 2.15 bits per heavy atom. The molecule has 3 aromatic rings. The van der Waals surface area contributed by atoms with E-state index in [0.29, 0.717) is 16.5 Å². The molecule has 0 aliphatic carbocycles. The van der Waals surface area contributed by atoms with Crippen molar-refractivity contribution in [1.82, 2.24) is 14.5 Å². The average Bonchev–Trinajstić information content (AvgIpc) is 3.02. The molecule has 7 heteroatoms. The highest BCUT2D eigenvalue weighted by molar-refractivity contribution is 7.98. The van der Waals surface area contributed by atoms with Crippen molar-refractivity contribution in [2.24, 2.45) is 7.05 Å². The Labute approximate surface area is 159 Å². The van der Waals surface area contributed by atoms with Crippen LogP contribution in [0.25, 0.3) is 10.2 Å². The summed E-state index contributed by atoms with van der Waals surface area (Å²) < 4.78 is 15.4. The molecule has 0 amide bonds. The van der Waals surface area contributed by atoms with E-state index in [0.717, 1.165) is 36.3 Å². The molecule has 1 aliphatic rings. The zero-order valence-corrected chi connectivity index (χ0v) is 16.4. The molecule has 4 nitrogen and oxygen atoms in total. The van der Waals surface area contributed by atoms with Crippen LogP contribution in [0.5, 0.6) is 0 Å². The van der Waals surface area contributed by atoms with E-state index >= 15 is 0 Å². The number of thiophene rings is 1. The Morgan fingerprint density at radius 1 is 1.35 bits per heavy atom. The number of thioether (sulfide) groups is 1. The minimum atomic E-state index is -0.225. The predicted molar refractivity (Wildman–Crippen MR) is 105 cm³/mol. The standard InChI is InChI=1S/C19H20FN3OS2/c1-3-23-9-8-13-15(10-23)26-17-16(13)18(24)22(2)19(21-17)25-11-12-6-4-5-7-14(12)20/h4-7H,3,8-11H2,1-2H3. The highest BCUT2D eigenvalue weighted by Gasteiger charge is 2.24. The van der Waals surface area contributed by atoms with Crippen LogP contribution in [-0.4, -0.2) is 27.5 Å². The molecule has 4 rings (SSSR count). The predicted octanol–water partition coefficient (Wildman–Crippen LogP) is 3.80. The highest BCUT2D eigenvalue weighted by Crippen LogP contribution is 2.33. The fourth-order valence-corrected chi connectivity index (χ4v) is 5.58. The molecule has 136 valence electrons. The molecule has 0 atom stereocenters. The van der Waals surface area contributed by atoms with Crippen LogP contribution in [0, 0.1) is 5.82 Å². The Kier molecular flexibility index (Phi) is 4.86. The Hall–Kier alpha value is -1.70. The quantitative estimate of drug-likeness (QED) is 0.502. The molecule has 1 aromatic carbocycles. The lowest BCUT2D eigenvalue weighted by atomic mass is 10.1. The molecule has 0 spiro atoms. The number of hydrogen-bond acceptors (Lipinski definition) is 5. The van der Waals surface area contributed by atoms with Gasteiger partial charge in [0.25, 0.3) is 5.56 Å². The van der Waals surface area contributed by atoms with E-state index in [1.54, 1.807) is 35.1 Å². The topological polar surface area (TPSA) is 38.1 Å². The summed E-state index contributed by atoms with van der Waals surface area (Å²) in [5.74, 6) is 0.227. The van der Waals surface area contributed by atoms with Crippen LogP contribution in [0.1, 0.15) is 22.9 Å². The second-order valence-electron chi connectivity index (χ2n) is 6.44. The third-order valence-corrected chi connectivity index (χ3v) is 7.07. The molecule has 2 aromatic heterocycles. The molecular formula is C19H20FN3OS2. The third-order valence-electron chi connectivity index (χ3n) is 4.88. The van der Waals surface area contributed by atoms with Gasteiger partial charge in [-0.3, -0.25) is 14.3 Å². The van der Waals surface area contributed by atoms with E-state index in [2.05, 4.69) is 11.8 Å². The molecule has 0 saturated heterocycles. The van der Waals surface area contributed by atoms with Gasteiger partial charge in [-0.05, 0) is 30.2 Å². The maximum atomic E-state index is 13.8. The summed E-state index contributed by atoms with van der Waals surface area (Å²) in [5.41, 5.74) is 1.80. The fourth-order valence-electron chi connectivity index (χ4n) is 3.31. The maximum Gasteiger partial charge on any atom is 0.262 e. The van der Waals surface area contributed by atoms with Gasteiger partial charge in [-0.1, -0.05) is 36.9 Å². The van der Waals surface area contributed by atoms with Crippen LogP contribution in [0.15, 0.2) is 34.2 Å². The van der Waals surface area contributed by atoms with Crippen LogP contribution in [-0.2, 0) is 25.8 Å². The van der Waals surface area contributed by atoms with E-state index in [-0.39, 0.29) is 11.4 Å². The number of aromatic nitrogens is 2. The number of fused-ring (bicyclic) bond motifs is 3. The lowest BCUT2D eigenvalue weighted by molar-refractivity contribution is 0.272. The number of nitrogens with zero attached hydrogens (tertiary/aromatic N) is 3. The average molecular weight is 390 g/mol. The summed E-state index contributed by atoms with van der Waals surface area (Å²) in [5, 5.41) is 1.41. The van der Waals surface area contributed by atoms with Crippen LogP contribution < -0.4 is 5.56 Å². The van der Waals surface area contributed by atoms with Crippen molar-refractivity contribution in [2.45, 2.75) is 30.8 Å². The highest BCUT2D eigenvalue weighted by atomic mass is 32.2. The summed E-state index contributed by atoms with van der Waals surface area (Å²) >= 11 is 3.03. The first-order valence-corrected chi connectivity index (χ1v) is 10.5. The molecule has 0 radical (unpaired) electrons. The van der Waals surface area contributed by atoms with Gasteiger partial charge in [0.15, 0.2) is 5.16 Å². The van der Waals surface area contributed by atoms with Crippen LogP contribution in [0.3, 0.4) is 0 Å². The summed E-state index contributed by atoms with van der Waals surface area (Å²) in [6.45, 7) is 5.06. The lowest BCUT2D eigenvalue weighted by Crippen LogP contribution is -2.30. The van der Waals surface area contributed by atoms with Crippen molar-refractivity contribution in [3.8, 4) is 0 Å². The Bertz CT molecular complexity index is 1030. The number of halogens is 1. The molecular weight excluding hydrogens is 369 g/mol. The van der Waals surface area contributed by atoms with E-state index in [1.807, 2.05) is 6.07 Å². The van der Waals surface area contributed by atoms with E-state index in [1.165, 1.54) is 28.3 Å². The normalized spacial score (nSPS) is 14.7. The first kappa shape index (κ1) is 17.7. The Morgan fingerprint density at radius 3 is 2.92 bits per heavy atom. The van der Waals surface area contributed by atoms with E-state index < -0.39 is 0 Å². The van der Waals surface area contributed by atoms with Crippen molar-refractivity contribution in [3.63, 3.8) is 0 Å². The van der Waals surface area contributed by atoms with Crippen molar-refractivity contribution in [1.29, 1.82) is 0 Å². The number of rotatable bonds is 4. The van der Waals surface area contributed by atoms with Crippen molar-refractivity contribution < 1.29 is 4.39 Å². The van der Waals surface area contributed by atoms with Crippen molar-refractivity contribution in [3.05, 3.63) is 56.4 Å². The third kappa shape index (κ3) is 3.08. The summed E-state index contributed by atoms with van der Waals surface area (Å²) in [4.78, 5) is 22.1. The molecule has 0 unspecified atom stereocenters. The van der Waals surface area contributed by atoms with Crippen molar-refractivity contribution >= 4 is 33.3 Å².